The van der Waals surface area contributed by atoms with Crippen molar-refractivity contribution in [3.05, 3.63) is 71.2 Å². The van der Waals surface area contributed by atoms with Crippen LogP contribution in [0.4, 0.5) is 0 Å². The maximum atomic E-state index is 12.4. The van der Waals surface area contributed by atoms with E-state index in [0.717, 1.165) is 21.7 Å². The largest absolute Gasteiger partial charge is 0.255 e. The lowest BCUT2D eigenvalue weighted by molar-refractivity contribution is 0.581. The molecule has 0 aliphatic heterocycles. The van der Waals surface area contributed by atoms with Crippen LogP contribution in [0.5, 0.6) is 0 Å². The molecule has 3 aromatic rings. The molecule has 1 N–H and O–H groups in total. The highest BCUT2D eigenvalue weighted by Gasteiger charge is 2.15. The number of hydrogen-bond donors (Lipinski definition) is 1. The molecule has 118 valence electrons. The summed E-state index contributed by atoms with van der Waals surface area (Å²) in [6.07, 6.45) is 1.72. The Hall–Kier alpha value is -2.02. The third-order valence-corrected chi connectivity index (χ3v) is 5.72. The molecule has 23 heavy (non-hydrogen) atoms. The SMILES string of the molecule is Cc1ccc(S(=O)(=O)NCc2cccnc2-c2cccs2)cc1. The molecule has 0 aliphatic carbocycles. The summed E-state index contributed by atoms with van der Waals surface area (Å²) in [5.41, 5.74) is 2.69. The lowest BCUT2D eigenvalue weighted by Gasteiger charge is -2.10. The van der Waals surface area contributed by atoms with Crippen LogP contribution >= 0.6 is 11.3 Å². The van der Waals surface area contributed by atoms with Gasteiger partial charge in [-0.25, -0.2) is 13.1 Å². The highest BCUT2D eigenvalue weighted by molar-refractivity contribution is 7.89. The van der Waals surface area contributed by atoms with Crippen LogP contribution in [0.2, 0.25) is 0 Å². The van der Waals surface area contributed by atoms with E-state index >= 15 is 0 Å². The molecule has 0 fully saturated rings. The minimum absolute atomic E-state index is 0.206. The lowest BCUT2D eigenvalue weighted by Crippen LogP contribution is -2.23. The Kier molecular flexibility index (Phi) is 4.56. The molecule has 1 aromatic carbocycles. The topological polar surface area (TPSA) is 59.1 Å². The van der Waals surface area contributed by atoms with Gasteiger partial charge >= 0.3 is 0 Å². The fourth-order valence-corrected chi connectivity index (χ4v) is 3.95. The number of aryl methyl sites for hydroxylation is 1. The Morgan fingerprint density at radius 1 is 1.09 bits per heavy atom. The van der Waals surface area contributed by atoms with Gasteiger partial charge in [0, 0.05) is 12.7 Å². The van der Waals surface area contributed by atoms with Crippen LogP contribution in [0.3, 0.4) is 0 Å². The van der Waals surface area contributed by atoms with Gasteiger partial charge in [0.2, 0.25) is 10.0 Å². The molecule has 0 radical (unpaired) electrons. The summed E-state index contributed by atoms with van der Waals surface area (Å²) in [5, 5.41) is 1.98. The molecule has 0 saturated carbocycles. The fourth-order valence-electron chi connectivity index (χ4n) is 2.19. The van der Waals surface area contributed by atoms with Crippen molar-refractivity contribution in [3.8, 4) is 10.6 Å². The van der Waals surface area contributed by atoms with Gasteiger partial charge in [-0.2, -0.15) is 0 Å². The summed E-state index contributed by atoms with van der Waals surface area (Å²) in [6, 6.07) is 14.4. The van der Waals surface area contributed by atoms with Crippen molar-refractivity contribution in [2.75, 3.05) is 0 Å². The van der Waals surface area contributed by atoms with E-state index in [1.807, 2.05) is 36.6 Å². The van der Waals surface area contributed by atoms with E-state index in [4.69, 9.17) is 0 Å². The fraction of sp³-hybridized carbons (Fsp3) is 0.118. The zero-order valence-electron chi connectivity index (χ0n) is 12.6. The first-order valence-corrected chi connectivity index (χ1v) is 9.47. The van der Waals surface area contributed by atoms with Crippen molar-refractivity contribution in [1.82, 2.24) is 9.71 Å². The Morgan fingerprint density at radius 2 is 1.87 bits per heavy atom. The Morgan fingerprint density at radius 3 is 2.57 bits per heavy atom. The summed E-state index contributed by atoms with van der Waals surface area (Å²) >= 11 is 1.58. The summed E-state index contributed by atoms with van der Waals surface area (Å²) in [6.45, 7) is 2.13. The maximum absolute atomic E-state index is 12.4. The van der Waals surface area contributed by atoms with Gasteiger partial charge in [-0.3, -0.25) is 4.98 Å². The molecule has 4 nitrogen and oxygen atoms in total. The minimum atomic E-state index is -3.54. The second kappa shape index (κ2) is 6.62. The van der Waals surface area contributed by atoms with E-state index in [0.29, 0.717) is 0 Å². The van der Waals surface area contributed by atoms with Crippen LogP contribution in [0, 0.1) is 6.92 Å². The summed E-state index contributed by atoms with van der Waals surface area (Å²) < 4.78 is 27.4. The standard InChI is InChI=1S/C17H16N2O2S2/c1-13-6-8-15(9-7-13)23(20,21)19-12-14-4-2-10-18-17(14)16-5-3-11-22-16/h2-11,19H,12H2,1H3. The molecule has 0 atom stereocenters. The van der Waals surface area contributed by atoms with Crippen LogP contribution in [0.1, 0.15) is 11.1 Å². The number of aromatic nitrogens is 1. The molecule has 2 aromatic heterocycles. The van der Waals surface area contributed by atoms with Gasteiger partial charge in [0.05, 0.1) is 15.5 Å². The number of pyridine rings is 1. The number of sulfonamides is 1. The molecule has 0 bridgehead atoms. The first-order valence-electron chi connectivity index (χ1n) is 7.10. The van der Waals surface area contributed by atoms with Crippen LogP contribution in [0.25, 0.3) is 10.6 Å². The minimum Gasteiger partial charge on any atom is -0.255 e. The van der Waals surface area contributed by atoms with Gasteiger partial charge in [0.25, 0.3) is 0 Å². The van der Waals surface area contributed by atoms with Crippen molar-refractivity contribution < 1.29 is 8.42 Å². The average Bonchev–Trinajstić information content (AvgIpc) is 3.08. The first kappa shape index (κ1) is 15.9. The van der Waals surface area contributed by atoms with Gasteiger partial charge < -0.3 is 0 Å². The Balaban J connectivity index is 1.82. The van der Waals surface area contributed by atoms with Crippen molar-refractivity contribution in [2.45, 2.75) is 18.4 Å². The van der Waals surface area contributed by atoms with Crippen molar-refractivity contribution in [2.24, 2.45) is 0 Å². The number of rotatable bonds is 5. The molecular formula is C17H16N2O2S2. The van der Waals surface area contributed by atoms with E-state index in [9.17, 15) is 8.42 Å². The van der Waals surface area contributed by atoms with Gasteiger partial charge in [-0.15, -0.1) is 11.3 Å². The molecule has 3 rings (SSSR count). The molecule has 0 unspecified atom stereocenters. The number of benzene rings is 1. The second-order valence-electron chi connectivity index (χ2n) is 5.13. The maximum Gasteiger partial charge on any atom is 0.240 e. The average molecular weight is 344 g/mol. The molecule has 0 amide bonds. The first-order chi connectivity index (χ1) is 11.1. The monoisotopic (exact) mass is 344 g/mol. The predicted octanol–water partition coefficient (Wildman–Crippen LogP) is 3.60. The van der Waals surface area contributed by atoms with E-state index in [1.54, 1.807) is 41.8 Å². The molecule has 6 heteroatoms. The predicted molar refractivity (Wildman–Crippen MR) is 92.8 cm³/mol. The molecular weight excluding hydrogens is 328 g/mol. The van der Waals surface area contributed by atoms with Gasteiger partial charge in [-0.1, -0.05) is 29.8 Å². The van der Waals surface area contributed by atoms with Gasteiger partial charge in [-0.05, 0) is 42.1 Å². The normalized spacial score (nSPS) is 11.5. The molecule has 0 spiro atoms. The van der Waals surface area contributed by atoms with Crippen molar-refractivity contribution in [1.29, 1.82) is 0 Å². The van der Waals surface area contributed by atoms with Crippen molar-refractivity contribution in [3.63, 3.8) is 0 Å². The number of hydrogen-bond acceptors (Lipinski definition) is 4. The Labute approximate surface area is 139 Å². The van der Waals surface area contributed by atoms with Crippen LogP contribution in [-0.4, -0.2) is 13.4 Å². The quantitative estimate of drug-likeness (QED) is 0.769. The molecule has 2 heterocycles. The van der Waals surface area contributed by atoms with Gasteiger partial charge in [0.15, 0.2) is 0 Å². The summed E-state index contributed by atoms with van der Waals surface area (Å²) in [5.74, 6) is 0. The van der Waals surface area contributed by atoms with E-state index < -0.39 is 10.0 Å². The summed E-state index contributed by atoms with van der Waals surface area (Å²) in [7, 11) is -3.54. The van der Waals surface area contributed by atoms with Crippen LogP contribution in [0.15, 0.2) is 65.0 Å². The van der Waals surface area contributed by atoms with E-state index in [1.165, 1.54) is 0 Å². The number of thiophene rings is 1. The molecule has 0 aliphatic rings. The van der Waals surface area contributed by atoms with E-state index in [2.05, 4.69) is 9.71 Å². The third kappa shape index (κ3) is 3.67. The smallest absolute Gasteiger partial charge is 0.240 e. The summed E-state index contributed by atoms with van der Waals surface area (Å²) in [4.78, 5) is 5.67. The van der Waals surface area contributed by atoms with Crippen molar-refractivity contribution >= 4 is 21.4 Å². The highest BCUT2D eigenvalue weighted by atomic mass is 32.2. The van der Waals surface area contributed by atoms with Gasteiger partial charge in [0.1, 0.15) is 0 Å². The number of nitrogens with zero attached hydrogens (tertiary/aromatic N) is 1. The molecule has 0 saturated heterocycles. The second-order valence-corrected chi connectivity index (χ2v) is 7.84. The third-order valence-electron chi connectivity index (χ3n) is 3.43. The lowest BCUT2D eigenvalue weighted by atomic mass is 10.2. The van der Waals surface area contributed by atoms with Crippen LogP contribution in [-0.2, 0) is 16.6 Å². The zero-order valence-corrected chi connectivity index (χ0v) is 14.2. The van der Waals surface area contributed by atoms with Crippen LogP contribution < -0.4 is 4.72 Å². The highest BCUT2D eigenvalue weighted by Crippen LogP contribution is 2.26. The number of nitrogens with one attached hydrogen (secondary N) is 1. The zero-order chi connectivity index (χ0) is 16.3. The van der Waals surface area contributed by atoms with E-state index in [-0.39, 0.29) is 11.4 Å². The Bertz CT molecular complexity index is 887.